The van der Waals surface area contributed by atoms with Crippen LogP contribution in [0.2, 0.25) is 0 Å². The van der Waals surface area contributed by atoms with Crippen LogP contribution < -0.4 is 14.8 Å². The van der Waals surface area contributed by atoms with Crippen molar-refractivity contribution in [3.63, 3.8) is 0 Å². The first kappa shape index (κ1) is 26.5. The quantitative estimate of drug-likeness (QED) is 0.444. The Kier molecular flexibility index (Phi) is 7.24. The number of methoxy groups -OCH3 is 1. The number of amides is 2. The molecule has 0 saturated heterocycles. The number of nitrogens with zero attached hydrogens (tertiary/aromatic N) is 4. The molecule has 0 saturated carbocycles. The SMILES string of the molecule is COc1cc(C=CC(=O)N(C)C)ccc1Nc1ncc(C(F)(F)F)c(Oc2cccc3c2C(=O)N(C)C3)n1. The fraction of sp³-hybridized carbons (Fsp3) is 0.231. The molecule has 0 radical (unpaired) electrons. The van der Waals surface area contributed by atoms with Gasteiger partial charge in [0.05, 0.1) is 18.4 Å². The topological polar surface area (TPSA) is 96.9 Å². The van der Waals surface area contributed by atoms with Gasteiger partial charge >= 0.3 is 6.18 Å². The van der Waals surface area contributed by atoms with Gasteiger partial charge in [-0.25, -0.2) is 4.98 Å². The lowest BCUT2D eigenvalue weighted by molar-refractivity contribution is -0.139. The Morgan fingerprint density at radius 1 is 1.18 bits per heavy atom. The zero-order valence-electron chi connectivity index (χ0n) is 21.0. The summed E-state index contributed by atoms with van der Waals surface area (Å²) in [5, 5.41) is 2.84. The highest BCUT2D eigenvalue weighted by Gasteiger charge is 2.37. The van der Waals surface area contributed by atoms with E-state index in [4.69, 9.17) is 9.47 Å². The second-order valence-electron chi connectivity index (χ2n) is 8.61. The smallest absolute Gasteiger partial charge is 0.423 e. The zero-order valence-corrected chi connectivity index (χ0v) is 21.0. The first-order chi connectivity index (χ1) is 18.0. The molecular weight excluding hydrogens is 503 g/mol. The van der Waals surface area contributed by atoms with Crippen molar-refractivity contribution in [2.24, 2.45) is 0 Å². The summed E-state index contributed by atoms with van der Waals surface area (Å²) in [6.07, 6.45) is -1.19. The maximum Gasteiger partial charge on any atom is 0.423 e. The fourth-order valence-corrected chi connectivity index (χ4v) is 3.71. The first-order valence-corrected chi connectivity index (χ1v) is 11.3. The number of halogens is 3. The van der Waals surface area contributed by atoms with Crippen molar-refractivity contribution >= 4 is 29.5 Å². The molecule has 38 heavy (non-hydrogen) atoms. The maximum atomic E-state index is 13.8. The molecule has 0 bridgehead atoms. The average Bonchev–Trinajstić information content (AvgIpc) is 3.16. The highest BCUT2D eigenvalue weighted by molar-refractivity contribution is 6.00. The Morgan fingerprint density at radius 2 is 1.95 bits per heavy atom. The normalized spacial score (nSPS) is 13.0. The second kappa shape index (κ2) is 10.4. The van der Waals surface area contributed by atoms with E-state index in [1.165, 1.54) is 29.1 Å². The van der Waals surface area contributed by atoms with Gasteiger partial charge < -0.3 is 24.6 Å². The minimum Gasteiger partial charge on any atom is -0.495 e. The van der Waals surface area contributed by atoms with E-state index in [1.54, 1.807) is 57.6 Å². The Hall–Kier alpha value is -4.61. The molecular formula is C26H24F3N5O4. The molecule has 1 aliphatic heterocycles. The van der Waals surface area contributed by atoms with Crippen LogP contribution in [-0.2, 0) is 17.5 Å². The molecule has 1 N–H and O–H groups in total. The first-order valence-electron chi connectivity index (χ1n) is 11.3. The number of likely N-dealkylation sites (N-methyl/N-ethyl adjacent to an activating group) is 1. The highest BCUT2D eigenvalue weighted by atomic mass is 19.4. The monoisotopic (exact) mass is 527 g/mol. The van der Waals surface area contributed by atoms with E-state index in [1.807, 2.05) is 0 Å². The van der Waals surface area contributed by atoms with Gasteiger partial charge in [0.25, 0.3) is 5.91 Å². The minimum absolute atomic E-state index is 0.0343. The third-order valence-corrected chi connectivity index (χ3v) is 5.68. The van der Waals surface area contributed by atoms with Crippen LogP contribution in [-0.4, -0.2) is 59.8 Å². The van der Waals surface area contributed by atoms with Crippen molar-refractivity contribution in [3.8, 4) is 17.4 Å². The molecule has 9 nitrogen and oxygen atoms in total. The van der Waals surface area contributed by atoms with Gasteiger partial charge in [-0.2, -0.15) is 18.2 Å². The third-order valence-electron chi connectivity index (χ3n) is 5.68. The number of nitrogens with one attached hydrogen (secondary N) is 1. The van der Waals surface area contributed by atoms with Crippen LogP contribution >= 0.6 is 0 Å². The van der Waals surface area contributed by atoms with E-state index in [9.17, 15) is 22.8 Å². The molecule has 1 aromatic heterocycles. The third kappa shape index (κ3) is 5.53. The molecule has 0 fully saturated rings. The standard InChI is InChI=1S/C26H24F3N5O4/c1-33(2)21(35)11-9-15-8-10-18(20(12-15)37-4)31-25-30-13-17(26(27,28)29)23(32-25)38-19-7-5-6-16-14-34(3)24(36)22(16)19/h5-13H,14H2,1-4H3,(H,30,31,32). The van der Waals surface area contributed by atoms with E-state index >= 15 is 0 Å². The molecule has 4 rings (SSSR count). The summed E-state index contributed by atoms with van der Waals surface area (Å²) in [7, 11) is 6.27. The van der Waals surface area contributed by atoms with E-state index in [-0.39, 0.29) is 29.1 Å². The molecule has 198 valence electrons. The number of aromatic nitrogens is 2. The van der Waals surface area contributed by atoms with Crippen molar-refractivity contribution in [2.75, 3.05) is 33.6 Å². The van der Waals surface area contributed by atoms with Crippen LogP contribution in [0.3, 0.4) is 0 Å². The van der Waals surface area contributed by atoms with E-state index in [0.717, 1.165) is 0 Å². The maximum absolute atomic E-state index is 13.8. The molecule has 1 aliphatic rings. The van der Waals surface area contributed by atoms with Gasteiger partial charge in [0.2, 0.25) is 17.7 Å². The number of carbonyl (C=O) groups excluding carboxylic acids is 2. The Balaban J connectivity index is 1.66. The largest absolute Gasteiger partial charge is 0.495 e. The summed E-state index contributed by atoms with van der Waals surface area (Å²) in [6, 6.07) is 9.66. The zero-order chi connectivity index (χ0) is 27.6. The molecule has 0 spiro atoms. The van der Waals surface area contributed by atoms with Crippen LogP contribution in [0, 0.1) is 0 Å². The Morgan fingerprint density at radius 3 is 2.63 bits per heavy atom. The van der Waals surface area contributed by atoms with Crippen molar-refractivity contribution < 1.29 is 32.2 Å². The summed E-state index contributed by atoms with van der Waals surface area (Å²) in [4.78, 5) is 35.0. The van der Waals surface area contributed by atoms with Crippen molar-refractivity contribution in [3.05, 3.63) is 70.9 Å². The molecule has 2 aromatic carbocycles. The van der Waals surface area contributed by atoms with Gasteiger partial charge in [0, 0.05) is 40.0 Å². The predicted molar refractivity (Wildman–Crippen MR) is 133 cm³/mol. The van der Waals surface area contributed by atoms with Crippen molar-refractivity contribution in [2.45, 2.75) is 12.7 Å². The molecule has 3 aromatic rings. The number of alkyl halides is 3. The summed E-state index contributed by atoms with van der Waals surface area (Å²) in [6.45, 7) is 0.322. The van der Waals surface area contributed by atoms with E-state index in [0.29, 0.717) is 35.3 Å². The highest BCUT2D eigenvalue weighted by Crippen LogP contribution is 2.40. The summed E-state index contributed by atoms with van der Waals surface area (Å²) >= 11 is 0. The second-order valence-corrected chi connectivity index (χ2v) is 8.61. The number of hydrogen-bond acceptors (Lipinski definition) is 7. The number of anilines is 2. The number of benzene rings is 2. The van der Waals surface area contributed by atoms with Crippen molar-refractivity contribution in [1.29, 1.82) is 0 Å². The summed E-state index contributed by atoms with van der Waals surface area (Å²) < 4.78 is 52.2. The fourth-order valence-electron chi connectivity index (χ4n) is 3.71. The lowest BCUT2D eigenvalue weighted by atomic mass is 10.1. The summed E-state index contributed by atoms with van der Waals surface area (Å²) in [5.41, 5.74) is 0.660. The molecule has 2 heterocycles. The molecule has 12 heteroatoms. The van der Waals surface area contributed by atoms with Gasteiger partial charge in [0.1, 0.15) is 17.1 Å². The minimum atomic E-state index is -4.80. The Bertz CT molecular complexity index is 1420. The van der Waals surface area contributed by atoms with Crippen LogP contribution in [0.5, 0.6) is 17.4 Å². The number of ether oxygens (including phenoxy) is 2. The molecule has 0 aliphatic carbocycles. The van der Waals surface area contributed by atoms with Crippen LogP contribution in [0.1, 0.15) is 27.0 Å². The number of fused-ring (bicyclic) bond motifs is 1. The molecule has 2 amide bonds. The lowest BCUT2D eigenvalue weighted by Gasteiger charge is -2.16. The van der Waals surface area contributed by atoms with Gasteiger partial charge in [-0.15, -0.1) is 0 Å². The van der Waals surface area contributed by atoms with Gasteiger partial charge in [-0.3, -0.25) is 9.59 Å². The molecule has 0 unspecified atom stereocenters. The van der Waals surface area contributed by atoms with Gasteiger partial charge in [-0.1, -0.05) is 18.2 Å². The van der Waals surface area contributed by atoms with Crippen LogP contribution in [0.25, 0.3) is 6.08 Å². The van der Waals surface area contributed by atoms with Gasteiger partial charge in [-0.05, 0) is 35.4 Å². The van der Waals surface area contributed by atoms with Crippen LogP contribution in [0.4, 0.5) is 24.8 Å². The number of rotatable bonds is 7. The van der Waals surface area contributed by atoms with Gasteiger partial charge in [0.15, 0.2) is 0 Å². The van der Waals surface area contributed by atoms with Crippen molar-refractivity contribution in [1.82, 2.24) is 19.8 Å². The number of hydrogen-bond donors (Lipinski definition) is 1. The van der Waals surface area contributed by atoms with Crippen LogP contribution in [0.15, 0.2) is 48.7 Å². The Labute approximate surface area is 216 Å². The molecule has 0 atom stereocenters. The van der Waals surface area contributed by atoms with E-state index in [2.05, 4.69) is 15.3 Å². The van der Waals surface area contributed by atoms with E-state index < -0.39 is 17.6 Å². The predicted octanol–water partition coefficient (Wildman–Crippen LogP) is 4.73. The summed E-state index contributed by atoms with van der Waals surface area (Å²) in [5.74, 6) is -1.20. The lowest BCUT2D eigenvalue weighted by Crippen LogP contribution is -2.18. The average molecular weight is 528 g/mol. The number of carbonyl (C=O) groups is 2.